The summed E-state index contributed by atoms with van der Waals surface area (Å²) in [6, 6.07) is 42.2. The third-order valence-corrected chi connectivity index (χ3v) is 12.1. The highest BCUT2D eigenvalue weighted by Gasteiger charge is 2.30. The van der Waals surface area contributed by atoms with E-state index >= 15 is 0 Å². The van der Waals surface area contributed by atoms with E-state index in [-0.39, 0.29) is 0 Å². The number of para-hydroxylation sites is 2. The van der Waals surface area contributed by atoms with Gasteiger partial charge in [0.25, 0.3) is 0 Å². The molecule has 0 saturated heterocycles. The summed E-state index contributed by atoms with van der Waals surface area (Å²) >= 11 is 3.32. The molecular formula is C32H21N2OPS2. The standard InChI is InChI=1S/C32H21N2OPS2/c35-36(23-12-3-1-4-13-23,24-14-5-2-6-15-24)25-16-9-11-22(21-25)26-17-10-20-29-30(26)38-32-31(37-29)33-27-18-7-8-19-28(27)34-32/h1-21H. The third-order valence-electron chi connectivity index (χ3n) is 6.65. The van der Waals surface area contributed by atoms with Crippen LogP contribution in [0, 0.1) is 0 Å². The van der Waals surface area contributed by atoms with Crippen molar-refractivity contribution in [3.05, 3.63) is 127 Å². The number of aromatic nitrogens is 2. The van der Waals surface area contributed by atoms with Gasteiger partial charge in [0.1, 0.15) is 10.1 Å². The van der Waals surface area contributed by atoms with E-state index in [0.717, 1.165) is 57.9 Å². The number of nitrogens with zero attached hydrogens (tertiary/aromatic N) is 2. The fraction of sp³-hybridized carbons (Fsp3) is 0. The maximum atomic E-state index is 15.0. The Morgan fingerprint density at radius 1 is 0.526 bits per heavy atom. The van der Waals surface area contributed by atoms with Gasteiger partial charge in [-0.05, 0) is 35.4 Å². The van der Waals surface area contributed by atoms with Crippen LogP contribution in [0.3, 0.4) is 0 Å². The Morgan fingerprint density at radius 3 is 1.74 bits per heavy atom. The third kappa shape index (κ3) is 3.99. The van der Waals surface area contributed by atoms with Crippen molar-refractivity contribution in [3.8, 4) is 11.1 Å². The van der Waals surface area contributed by atoms with Crippen LogP contribution in [-0.2, 0) is 4.57 Å². The quantitative estimate of drug-likeness (QED) is 0.214. The lowest BCUT2D eigenvalue weighted by molar-refractivity contribution is 0.592. The lowest BCUT2D eigenvalue weighted by Crippen LogP contribution is -2.25. The summed E-state index contributed by atoms with van der Waals surface area (Å²) in [6.07, 6.45) is 0. The van der Waals surface area contributed by atoms with Crippen LogP contribution in [0.15, 0.2) is 147 Å². The highest BCUT2D eigenvalue weighted by atomic mass is 32.2. The Hall–Kier alpha value is -3.63. The van der Waals surface area contributed by atoms with E-state index in [2.05, 4.69) is 30.3 Å². The van der Waals surface area contributed by atoms with Crippen LogP contribution in [0.1, 0.15) is 0 Å². The van der Waals surface area contributed by atoms with Crippen molar-refractivity contribution in [2.45, 2.75) is 19.8 Å². The van der Waals surface area contributed by atoms with E-state index in [0.29, 0.717) is 0 Å². The molecule has 0 unspecified atom stereocenters. The fourth-order valence-electron chi connectivity index (χ4n) is 4.82. The molecule has 3 nitrogen and oxygen atoms in total. The highest BCUT2D eigenvalue weighted by Crippen LogP contribution is 2.51. The first-order chi connectivity index (χ1) is 18.7. The first-order valence-electron chi connectivity index (χ1n) is 12.3. The van der Waals surface area contributed by atoms with Crippen LogP contribution in [0.4, 0.5) is 0 Å². The molecule has 182 valence electrons. The van der Waals surface area contributed by atoms with E-state index in [4.69, 9.17) is 9.97 Å². The normalized spacial score (nSPS) is 12.6. The summed E-state index contributed by atoms with van der Waals surface area (Å²) < 4.78 is 15.0. The zero-order valence-electron chi connectivity index (χ0n) is 20.2. The summed E-state index contributed by atoms with van der Waals surface area (Å²) in [5, 5.41) is 4.34. The number of hydrogen-bond donors (Lipinski definition) is 0. The lowest BCUT2D eigenvalue weighted by Gasteiger charge is -2.22. The monoisotopic (exact) mass is 544 g/mol. The van der Waals surface area contributed by atoms with Gasteiger partial charge in [0, 0.05) is 25.7 Å². The molecule has 6 heteroatoms. The second-order valence-corrected chi connectivity index (χ2v) is 13.8. The summed E-state index contributed by atoms with van der Waals surface area (Å²) in [5.74, 6) is 0. The second kappa shape index (κ2) is 9.59. The van der Waals surface area contributed by atoms with Gasteiger partial charge in [0.05, 0.1) is 11.0 Å². The molecule has 0 atom stereocenters. The Bertz CT molecular complexity index is 1820. The van der Waals surface area contributed by atoms with Crippen LogP contribution in [0.25, 0.3) is 22.2 Å². The molecule has 0 spiro atoms. The van der Waals surface area contributed by atoms with Crippen molar-refractivity contribution in [2.75, 3.05) is 0 Å². The van der Waals surface area contributed by atoms with Crippen molar-refractivity contribution in [1.82, 2.24) is 9.97 Å². The number of rotatable bonds is 4. The molecule has 2 heterocycles. The molecule has 1 aliphatic rings. The predicted octanol–water partition coefficient (Wildman–Crippen LogP) is 7.55. The van der Waals surface area contributed by atoms with Crippen LogP contribution in [0.5, 0.6) is 0 Å². The molecule has 0 bridgehead atoms. The SMILES string of the molecule is O=P(c1ccccc1)(c1ccccc1)c1cccc(-c2cccc3c2Sc2nc4ccccc4nc2S3)c1. The molecule has 5 aromatic carbocycles. The Balaban J connectivity index is 1.36. The predicted molar refractivity (Wildman–Crippen MR) is 159 cm³/mol. The first-order valence-corrected chi connectivity index (χ1v) is 15.6. The van der Waals surface area contributed by atoms with Gasteiger partial charge in [-0.2, -0.15) is 0 Å². The fourth-order valence-corrected chi connectivity index (χ4v) is 9.79. The smallest absolute Gasteiger partial charge is 0.171 e. The van der Waals surface area contributed by atoms with Gasteiger partial charge in [-0.15, -0.1) is 0 Å². The van der Waals surface area contributed by atoms with Gasteiger partial charge < -0.3 is 4.57 Å². The molecule has 0 radical (unpaired) electrons. The molecule has 1 aromatic heterocycles. The number of fused-ring (bicyclic) bond motifs is 3. The maximum absolute atomic E-state index is 15.0. The molecule has 0 saturated carbocycles. The molecule has 0 aliphatic carbocycles. The molecule has 38 heavy (non-hydrogen) atoms. The molecule has 0 amide bonds. The van der Waals surface area contributed by atoms with Crippen LogP contribution in [0.2, 0.25) is 0 Å². The topological polar surface area (TPSA) is 42.9 Å². The summed E-state index contributed by atoms with van der Waals surface area (Å²) in [6.45, 7) is 0. The van der Waals surface area contributed by atoms with E-state index in [1.165, 1.54) is 0 Å². The van der Waals surface area contributed by atoms with E-state index < -0.39 is 7.14 Å². The summed E-state index contributed by atoms with van der Waals surface area (Å²) in [7, 11) is -3.07. The van der Waals surface area contributed by atoms with Crippen LogP contribution in [-0.4, -0.2) is 9.97 Å². The molecule has 7 rings (SSSR count). The average Bonchev–Trinajstić information content (AvgIpc) is 2.99. The van der Waals surface area contributed by atoms with Crippen molar-refractivity contribution in [1.29, 1.82) is 0 Å². The lowest BCUT2D eigenvalue weighted by atomic mass is 10.1. The minimum absolute atomic E-state index is 0.824. The number of benzene rings is 5. The zero-order valence-corrected chi connectivity index (χ0v) is 22.7. The molecule has 1 aliphatic heterocycles. The first kappa shape index (κ1) is 23.5. The average molecular weight is 545 g/mol. The van der Waals surface area contributed by atoms with Gasteiger partial charge in [0.15, 0.2) is 7.14 Å². The highest BCUT2D eigenvalue weighted by molar-refractivity contribution is 8.05. The van der Waals surface area contributed by atoms with Gasteiger partial charge in [-0.25, -0.2) is 9.97 Å². The Morgan fingerprint density at radius 2 is 1.08 bits per heavy atom. The summed E-state index contributed by atoms with van der Waals surface area (Å²) in [5.41, 5.74) is 3.95. The van der Waals surface area contributed by atoms with E-state index in [9.17, 15) is 4.57 Å². The zero-order chi connectivity index (χ0) is 25.5. The van der Waals surface area contributed by atoms with E-state index in [1.807, 2.05) is 97.1 Å². The Labute approximate surface area is 229 Å². The summed E-state index contributed by atoms with van der Waals surface area (Å²) in [4.78, 5) is 12.1. The Kier molecular flexibility index (Phi) is 5.93. The van der Waals surface area contributed by atoms with Crippen molar-refractivity contribution in [3.63, 3.8) is 0 Å². The van der Waals surface area contributed by atoms with Gasteiger partial charge in [-0.1, -0.05) is 127 Å². The van der Waals surface area contributed by atoms with Crippen molar-refractivity contribution < 1.29 is 4.57 Å². The minimum atomic E-state index is -3.07. The molecular weight excluding hydrogens is 523 g/mol. The van der Waals surface area contributed by atoms with E-state index in [1.54, 1.807) is 23.5 Å². The molecule has 6 aromatic rings. The molecule has 0 N–H and O–H groups in total. The molecule has 0 fully saturated rings. The van der Waals surface area contributed by atoms with Crippen LogP contribution >= 0.6 is 30.7 Å². The largest absolute Gasteiger partial charge is 0.309 e. The van der Waals surface area contributed by atoms with Crippen molar-refractivity contribution >= 4 is 57.6 Å². The minimum Gasteiger partial charge on any atom is -0.309 e. The van der Waals surface area contributed by atoms with Gasteiger partial charge >= 0.3 is 0 Å². The van der Waals surface area contributed by atoms with Gasteiger partial charge in [-0.3, -0.25) is 0 Å². The second-order valence-electron chi connectivity index (χ2n) is 8.99. The van der Waals surface area contributed by atoms with Crippen LogP contribution < -0.4 is 15.9 Å². The van der Waals surface area contributed by atoms with Crippen molar-refractivity contribution in [2.24, 2.45) is 0 Å². The number of hydrogen-bond acceptors (Lipinski definition) is 5. The van der Waals surface area contributed by atoms with Gasteiger partial charge in [0.2, 0.25) is 0 Å². The maximum Gasteiger partial charge on any atom is 0.171 e.